The van der Waals surface area contributed by atoms with Crippen molar-refractivity contribution in [3.8, 4) is 0 Å². The number of hydrogen-bond acceptors (Lipinski definition) is 4. The first kappa shape index (κ1) is 19.8. The summed E-state index contributed by atoms with van der Waals surface area (Å²) in [5.74, 6) is -0.529. The van der Waals surface area contributed by atoms with Crippen LogP contribution in [0.15, 0.2) is 54.6 Å². The first-order chi connectivity index (χ1) is 14.5. The van der Waals surface area contributed by atoms with Crippen LogP contribution in [0.3, 0.4) is 0 Å². The lowest BCUT2D eigenvalue weighted by Gasteiger charge is -2.26. The summed E-state index contributed by atoms with van der Waals surface area (Å²) < 4.78 is 0. The van der Waals surface area contributed by atoms with Gasteiger partial charge in [0.1, 0.15) is 5.15 Å². The number of amides is 3. The molecule has 1 aliphatic rings. The highest BCUT2D eigenvalue weighted by Gasteiger charge is 2.22. The number of benzene rings is 2. The molecule has 0 atom stereocenters. The monoisotopic (exact) mass is 422 g/mol. The average Bonchev–Trinajstić information content (AvgIpc) is 2.77. The van der Waals surface area contributed by atoms with Crippen molar-refractivity contribution >= 4 is 40.2 Å². The Hall–Kier alpha value is -3.45. The van der Waals surface area contributed by atoms with Crippen LogP contribution in [0.5, 0.6) is 0 Å². The van der Waals surface area contributed by atoms with Crippen molar-refractivity contribution in [2.24, 2.45) is 0 Å². The van der Waals surface area contributed by atoms with Crippen LogP contribution in [0.1, 0.15) is 26.3 Å². The number of piperazine rings is 1. The standard InChI is InChI=1S/C22H19ClN4O3/c23-19-8-6-16-11-17(5-7-18(16)26-19)21(29)25-12-14-1-3-15(4-2-14)22(30)27-10-9-24-20(28)13-27/h1-8,11H,9-10,12-13H2,(H,24,28)(H,25,29). The number of nitrogens with zero attached hydrogens (tertiary/aromatic N) is 2. The topological polar surface area (TPSA) is 91.4 Å². The van der Waals surface area contributed by atoms with E-state index in [4.69, 9.17) is 11.6 Å². The maximum Gasteiger partial charge on any atom is 0.254 e. The second kappa shape index (κ2) is 8.51. The van der Waals surface area contributed by atoms with Gasteiger partial charge in [-0.2, -0.15) is 0 Å². The number of rotatable bonds is 4. The average molecular weight is 423 g/mol. The lowest BCUT2D eigenvalue weighted by atomic mass is 10.1. The van der Waals surface area contributed by atoms with Gasteiger partial charge in [0.05, 0.1) is 12.1 Å². The smallest absolute Gasteiger partial charge is 0.254 e. The minimum atomic E-state index is -0.202. The van der Waals surface area contributed by atoms with Gasteiger partial charge in [0.15, 0.2) is 0 Å². The molecule has 7 nitrogen and oxygen atoms in total. The number of halogens is 1. The van der Waals surface area contributed by atoms with Gasteiger partial charge in [-0.1, -0.05) is 23.7 Å². The number of carbonyl (C=O) groups is 3. The third-order valence-corrected chi connectivity index (χ3v) is 5.11. The summed E-state index contributed by atoms with van der Waals surface area (Å²) in [5, 5.41) is 6.82. The van der Waals surface area contributed by atoms with Gasteiger partial charge in [0, 0.05) is 36.1 Å². The minimum absolute atomic E-state index is 0.0735. The van der Waals surface area contributed by atoms with Crippen molar-refractivity contribution in [1.82, 2.24) is 20.5 Å². The molecule has 1 fully saturated rings. The Bertz CT molecular complexity index is 1130. The highest BCUT2D eigenvalue weighted by Crippen LogP contribution is 2.17. The summed E-state index contributed by atoms with van der Waals surface area (Å²) >= 11 is 5.89. The Balaban J connectivity index is 1.38. The lowest BCUT2D eigenvalue weighted by Crippen LogP contribution is -2.49. The van der Waals surface area contributed by atoms with E-state index in [1.54, 1.807) is 48.5 Å². The number of pyridine rings is 1. The SMILES string of the molecule is O=C1CN(C(=O)c2ccc(CNC(=O)c3ccc4nc(Cl)ccc4c3)cc2)CCN1. The van der Waals surface area contributed by atoms with E-state index in [9.17, 15) is 14.4 Å². The Morgan fingerprint density at radius 1 is 1.07 bits per heavy atom. The zero-order valence-electron chi connectivity index (χ0n) is 16.0. The fraction of sp³-hybridized carbons (Fsp3) is 0.182. The van der Waals surface area contributed by atoms with E-state index in [2.05, 4.69) is 15.6 Å². The van der Waals surface area contributed by atoms with Crippen LogP contribution in [0.4, 0.5) is 0 Å². The summed E-state index contributed by atoms with van der Waals surface area (Å²) in [5.41, 5.74) is 2.64. The maximum atomic E-state index is 12.5. The lowest BCUT2D eigenvalue weighted by molar-refractivity contribution is -0.123. The van der Waals surface area contributed by atoms with Crippen LogP contribution in [-0.2, 0) is 11.3 Å². The fourth-order valence-corrected chi connectivity index (χ4v) is 3.44. The van der Waals surface area contributed by atoms with Crippen LogP contribution < -0.4 is 10.6 Å². The van der Waals surface area contributed by atoms with Crippen LogP contribution in [-0.4, -0.2) is 47.2 Å². The summed E-state index contributed by atoms with van der Waals surface area (Å²) in [7, 11) is 0. The molecular weight excluding hydrogens is 404 g/mol. The number of fused-ring (bicyclic) bond motifs is 1. The molecule has 2 heterocycles. The highest BCUT2D eigenvalue weighted by molar-refractivity contribution is 6.29. The number of nitrogens with one attached hydrogen (secondary N) is 2. The molecule has 4 rings (SSSR count). The second-order valence-corrected chi connectivity index (χ2v) is 7.38. The molecule has 1 aliphatic heterocycles. The van der Waals surface area contributed by atoms with Crippen LogP contribution in [0.2, 0.25) is 5.15 Å². The minimum Gasteiger partial charge on any atom is -0.353 e. The van der Waals surface area contributed by atoms with Crippen molar-refractivity contribution in [1.29, 1.82) is 0 Å². The van der Waals surface area contributed by atoms with Crippen LogP contribution in [0, 0.1) is 0 Å². The zero-order chi connectivity index (χ0) is 21.1. The maximum absolute atomic E-state index is 12.5. The summed E-state index contributed by atoms with van der Waals surface area (Å²) in [6.07, 6.45) is 0. The molecule has 0 unspecified atom stereocenters. The molecular formula is C22H19ClN4O3. The quantitative estimate of drug-likeness (QED) is 0.631. The third-order valence-electron chi connectivity index (χ3n) is 4.90. The molecule has 0 aliphatic carbocycles. The van der Waals surface area contributed by atoms with Gasteiger partial charge >= 0.3 is 0 Å². The number of carbonyl (C=O) groups excluding carboxylic acids is 3. The van der Waals surface area contributed by atoms with E-state index in [0.29, 0.717) is 35.9 Å². The van der Waals surface area contributed by atoms with Gasteiger partial charge in [-0.15, -0.1) is 0 Å². The van der Waals surface area contributed by atoms with Crippen LogP contribution >= 0.6 is 11.6 Å². The van der Waals surface area contributed by atoms with Gasteiger partial charge in [0.25, 0.3) is 11.8 Å². The van der Waals surface area contributed by atoms with Gasteiger partial charge in [-0.3, -0.25) is 14.4 Å². The van der Waals surface area contributed by atoms with Crippen molar-refractivity contribution < 1.29 is 14.4 Å². The van der Waals surface area contributed by atoms with E-state index in [0.717, 1.165) is 16.5 Å². The second-order valence-electron chi connectivity index (χ2n) is 7.00. The zero-order valence-corrected chi connectivity index (χ0v) is 16.8. The first-order valence-corrected chi connectivity index (χ1v) is 9.87. The van der Waals surface area contributed by atoms with E-state index in [1.165, 1.54) is 4.90 Å². The number of aromatic nitrogens is 1. The van der Waals surface area contributed by atoms with E-state index < -0.39 is 0 Å². The Morgan fingerprint density at radius 2 is 1.83 bits per heavy atom. The van der Waals surface area contributed by atoms with E-state index in [1.807, 2.05) is 6.07 Å². The van der Waals surface area contributed by atoms with E-state index >= 15 is 0 Å². The fourth-order valence-electron chi connectivity index (χ4n) is 3.29. The van der Waals surface area contributed by atoms with Gasteiger partial charge in [-0.05, 0) is 48.0 Å². The molecule has 8 heteroatoms. The molecule has 30 heavy (non-hydrogen) atoms. The predicted molar refractivity (Wildman–Crippen MR) is 113 cm³/mol. The van der Waals surface area contributed by atoms with E-state index in [-0.39, 0.29) is 24.3 Å². The summed E-state index contributed by atoms with van der Waals surface area (Å²) in [6, 6.07) is 15.8. The van der Waals surface area contributed by atoms with Gasteiger partial charge < -0.3 is 15.5 Å². The molecule has 1 aromatic heterocycles. The molecule has 3 aromatic rings. The molecule has 3 amide bonds. The molecule has 0 radical (unpaired) electrons. The summed E-state index contributed by atoms with van der Waals surface area (Å²) in [6.45, 7) is 1.36. The third kappa shape index (κ3) is 4.41. The van der Waals surface area contributed by atoms with Gasteiger partial charge in [-0.25, -0.2) is 4.98 Å². The summed E-state index contributed by atoms with van der Waals surface area (Å²) in [4.78, 5) is 42.2. The Labute approximate surface area is 178 Å². The Kier molecular flexibility index (Phi) is 5.63. The van der Waals surface area contributed by atoms with Gasteiger partial charge in [0.2, 0.25) is 5.91 Å². The van der Waals surface area contributed by atoms with Crippen molar-refractivity contribution in [2.45, 2.75) is 6.54 Å². The molecule has 0 spiro atoms. The first-order valence-electron chi connectivity index (χ1n) is 9.49. The molecule has 2 aromatic carbocycles. The number of hydrogen-bond donors (Lipinski definition) is 2. The molecule has 0 saturated carbocycles. The predicted octanol–water partition coefficient (Wildman–Crippen LogP) is 2.39. The molecule has 2 N–H and O–H groups in total. The van der Waals surface area contributed by atoms with Crippen LogP contribution in [0.25, 0.3) is 10.9 Å². The van der Waals surface area contributed by atoms with Crippen molar-refractivity contribution in [2.75, 3.05) is 19.6 Å². The highest BCUT2D eigenvalue weighted by atomic mass is 35.5. The largest absolute Gasteiger partial charge is 0.353 e. The molecule has 1 saturated heterocycles. The van der Waals surface area contributed by atoms with Crippen molar-refractivity contribution in [3.05, 3.63) is 76.4 Å². The Morgan fingerprint density at radius 3 is 2.60 bits per heavy atom. The van der Waals surface area contributed by atoms with Crippen molar-refractivity contribution in [3.63, 3.8) is 0 Å². The molecule has 152 valence electrons. The molecule has 0 bridgehead atoms. The normalized spacial score (nSPS) is 13.8.